The van der Waals surface area contributed by atoms with Crippen molar-refractivity contribution in [1.82, 2.24) is 0 Å². The Kier molecular flexibility index (Phi) is 4.84. The summed E-state index contributed by atoms with van der Waals surface area (Å²) in [6.45, 7) is 0. The number of esters is 2. The van der Waals surface area contributed by atoms with Gasteiger partial charge in [-0.25, -0.2) is 0 Å². The summed E-state index contributed by atoms with van der Waals surface area (Å²) in [4.78, 5) is 26.9. The first-order valence-corrected chi connectivity index (χ1v) is 8.21. The minimum atomic E-state index is -1.09. The molecule has 0 aromatic heterocycles. The lowest BCUT2D eigenvalue weighted by molar-refractivity contribution is -0.157. The van der Waals surface area contributed by atoms with Crippen LogP contribution in [-0.4, -0.2) is 40.3 Å². The lowest BCUT2D eigenvalue weighted by atomic mass is 9.78. The molecule has 0 unspecified atom stereocenters. The quantitative estimate of drug-likeness (QED) is 0.477. The molecule has 3 rings (SSSR count). The smallest absolute Gasteiger partial charge is 0.326 e. The van der Waals surface area contributed by atoms with Crippen molar-refractivity contribution >= 4 is 17.6 Å². The van der Waals surface area contributed by atoms with Crippen molar-refractivity contribution in [2.24, 2.45) is 5.92 Å². The number of carbonyl (C=O) groups excluding carboxylic acids is 2. The maximum atomic E-state index is 12.5. The molecular weight excluding hydrogens is 334 g/mol. The summed E-state index contributed by atoms with van der Waals surface area (Å²) < 4.78 is 15.8. The fourth-order valence-corrected chi connectivity index (χ4v) is 3.26. The second-order valence-corrected chi connectivity index (χ2v) is 6.26. The first-order valence-electron chi connectivity index (χ1n) is 8.21. The van der Waals surface area contributed by atoms with Crippen LogP contribution in [0.1, 0.15) is 17.0 Å². The van der Waals surface area contributed by atoms with Crippen LogP contribution in [0, 0.1) is 5.92 Å². The highest BCUT2D eigenvalue weighted by molar-refractivity contribution is 5.99. The molecule has 2 aromatic rings. The maximum Gasteiger partial charge on any atom is 0.326 e. The predicted molar refractivity (Wildman–Crippen MR) is 96.7 cm³/mol. The fourth-order valence-electron chi connectivity index (χ4n) is 3.26. The molecule has 0 fully saturated rings. The van der Waals surface area contributed by atoms with Gasteiger partial charge in [0, 0.05) is 42.9 Å². The van der Waals surface area contributed by atoms with Crippen LogP contribution in [0.5, 0.6) is 11.5 Å². The standard InChI is InChI=1S/C20H21NO5/c1-21(2)12-9-10-14(16(11-12)24-3)17-13-7-5-6-8-15(13)26-20(23)18(17)19(22)25-4/h5-11,17-18H,1-4H3/t17-,18+/m0/s1. The highest BCUT2D eigenvalue weighted by Crippen LogP contribution is 2.45. The molecule has 0 spiro atoms. The number of carbonyl (C=O) groups is 2. The third-order valence-electron chi connectivity index (χ3n) is 4.58. The van der Waals surface area contributed by atoms with Gasteiger partial charge >= 0.3 is 11.9 Å². The SMILES string of the molecule is COC(=O)[C@@H]1C(=O)Oc2ccccc2[C@H]1c1ccc(N(C)C)cc1OC. The van der Waals surface area contributed by atoms with Gasteiger partial charge < -0.3 is 19.1 Å². The number of benzene rings is 2. The number of rotatable bonds is 4. The van der Waals surface area contributed by atoms with E-state index in [4.69, 9.17) is 14.2 Å². The predicted octanol–water partition coefficient (Wildman–Crippen LogP) is 2.60. The van der Waals surface area contributed by atoms with Gasteiger partial charge in [-0.05, 0) is 12.1 Å². The van der Waals surface area contributed by atoms with Crippen molar-refractivity contribution in [3.63, 3.8) is 0 Å². The lowest BCUT2D eigenvalue weighted by Gasteiger charge is -2.31. The van der Waals surface area contributed by atoms with Crippen molar-refractivity contribution < 1.29 is 23.8 Å². The minimum Gasteiger partial charge on any atom is -0.496 e. The summed E-state index contributed by atoms with van der Waals surface area (Å²) >= 11 is 0. The van der Waals surface area contributed by atoms with E-state index < -0.39 is 23.8 Å². The van der Waals surface area contributed by atoms with Gasteiger partial charge in [-0.3, -0.25) is 9.59 Å². The molecule has 1 heterocycles. The molecule has 26 heavy (non-hydrogen) atoms. The van der Waals surface area contributed by atoms with Gasteiger partial charge in [-0.15, -0.1) is 0 Å². The largest absolute Gasteiger partial charge is 0.496 e. The molecule has 1 aliphatic rings. The number of ether oxygens (including phenoxy) is 3. The zero-order valence-corrected chi connectivity index (χ0v) is 15.2. The highest BCUT2D eigenvalue weighted by atomic mass is 16.6. The molecule has 0 radical (unpaired) electrons. The molecule has 6 nitrogen and oxygen atoms in total. The second-order valence-electron chi connectivity index (χ2n) is 6.26. The zero-order valence-electron chi connectivity index (χ0n) is 15.2. The van der Waals surface area contributed by atoms with Gasteiger partial charge in [0.25, 0.3) is 0 Å². The number of para-hydroxylation sites is 1. The fraction of sp³-hybridized carbons (Fsp3) is 0.300. The molecule has 6 heteroatoms. The summed E-state index contributed by atoms with van der Waals surface area (Å²) in [5, 5.41) is 0. The average molecular weight is 355 g/mol. The summed E-state index contributed by atoms with van der Waals surface area (Å²) in [5.74, 6) is -1.85. The molecule has 0 saturated carbocycles. The van der Waals surface area contributed by atoms with Crippen molar-refractivity contribution in [3.8, 4) is 11.5 Å². The Hall–Kier alpha value is -3.02. The Labute approximate surface area is 152 Å². The van der Waals surface area contributed by atoms with E-state index in [2.05, 4.69) is 0 Å². The number of nitrogens with zero attached hydrogens (tertiary/aromatic N) is 1. The van der Waals surface area contributed by atoms with Gasteiger partial charge in [-0.1, -0.05) is 24.3 Å². The van der Waals surface area contributed by atoms with E-state index in [1.54, 1.807) is 19.2 Å². The van der Waals surface area contributed by atoms with Crippen LogP contribution in [0.3, 0.4) is 0 Å². The Morgan fingerprint density at radius 1 is 1.08 bits per heavy atom. The normalized spacial score (nSPS) is 18.5. The van der Waals surface area contributed by atoms with Crippen LogP contribution in [-0.2, 0) is 14.3 Å². The topological polar surface area (TPSA) is 65.1 Å². The number of hydrogen-bond acceptors (Lipinski definition) is 6. The van der Waals surface area contributed by atoms with E-state index >= 15 is 0 Å². The Balaban J connectivity index is 2.21. The Morgan fingerprint density at radius 3 is 2.46 bits per heavy atom. The molecule has 0 N–H and O–H groups in total. The van der Waals surface area contributed by atoms with Crippen LogP contribution >= 0.6 is 0 Å². The molecule has 0 saturated heterocycles. The number of hydrogen-bond donors (Lipinski definition) is 0. The van der Waals surface area contributed by atoms with Gasteiger partial charge in [0.15, 0.2) is 5.92 Å². The van der Waals surface area contributed by atoms with Crippen molar-refractivity contribution in [1.29, 1.82) is 0 Å². The molecule has 1 aliphatic heterocycles. The van der Waals surface area contributed by atoms with E-state index in [0.717, 1.165) is 16.8 Å². The van der Waals surface area contributed by atoms with Gasteiger partial charge in [0.2, 0.25) is 0 Å². The van der Waals surface area contributed by atoms with E-state index in [9.17, 15) is 9.59 Å². The van der Waals surface area contributed by atoms with E-state index in [1.807, 2.05) is 49.3 Å². The van der Waals surface area contributed by atoms with Crippen molar-refractivity contribution in [3.05, 3.63) is 53.6 Å². The molecular formula is C20H21NO5. The van der Waals surface area contributed by atoms with Crippen LogP contribution in [0.25, 0.3) is 0 Å². The van der Waals surface area contributed by atoms with Gasteiger partial charge in [0.05, 0.1) is 14.2 Å². The first-order chi connectivity index (χ1) is 12.5. The first kappa shape index (κ1) is 17.8. The summed E-state index contributed by atoms with van der Waals surface area (Å²) in [5.41, 5.74) is 2.43. The second kappa shape index (κ2) is 7.07. The zero-order chi connectivity index (χ0) is 18.8. The third-order valence-corrected chi connectivity index (χ3v) is 4.58. The monoisotopic (exact) mass is 355 g/mol. The highest BCUT2D eigenvalue weighted by Gasteiger charge is 2.45. The van der Waals surface area contributed by atoms with Crippen LogP contribution in [0.2, 0.25) is 0 Å². The number of fused-ring (bicyclic) bond motifs is 1. The summed E-state index contributed by atoms with van der Waals surface area (Å²) in [7, 11) is 6.69. The summed E-state index contributed by atoms with van der Waals surface area (Å²) in [6.07, 6.45) is 0. The van der Waals surface area contributed by atoms with Gasteiger partial charge in [0.1, 0.15) is 11.5 Å². The van der Waals surface area contributed by atoms with E-state index in [1.165, 1.54) is 7.11 Å². The molecule has 2 atom stereocenters. The van der Waals surface area contributed by atoms with Gasteiger partial charge in [-0.2, -0.15) is 0 Å². The molecule has 0 amide bonds. The van der Waals surface area contributed by atoms with Crippen molar-refractivity contribution in [2.75, 3.05) is 33.2 Å². The average Bonchev–Trinajstić information content (AvgIpc) is 2.65. The molecule has 0 aliphatic carbocycles. The van der Waals surface area contributed by atoms with E-state index in [-0.39, 0.29) is 0 Å². The molecule has 136 valence electrons. The van der Waals surface area contributed by atoms with Crippen molar-refractivity contribution in [2.45, 2.75) is 5.92 Å². The van der Waals surface area contributed by atoms with Crippen LogP contribution in [0.4, 0.5) is 5.69 Å². The maximum absolute atomic E-state index is 12.5. The Bertz CT molecular complexity index is 846. The van der Waals surface area contributed by atoms with E-state index in [0.29, 0.717) is 11.5 Å². The number of methoxy groups -OCH3 is 2. The molecule has 0 bridgehead atoms. The number of anilines is 1. The molecule has 2 aromatic carbocycles. The van der Waals surface area contributed by atoms with Crippen LogP contribution < -0.4 is 14.4 Å². The third kappa shape index (κ3) is 2.98. The Morgan fingerprint density at radius 2 is 1.81 bits per heavy atom. The minimum absolute atomic E-state index is 0.446. The lowest BCUT2D eigenvalue weighted by Crippen LogP contribution is -2.38. The summed E-state index contributed by atoms with van der Waals surface area (Å²) in [6, 6.07) is 12.9. The van der Waals surface area contributed by atoms with Crippen LogP contribution in [0.15, 0.2) is 42.5 Å².